The van der Waals surface area contributed by atoms with Crippen LogP contribution in [0.25, 0.3) is 0 Å². The molecule has 0 radical (unpaired) electrons. The predicted octanol–water partition coefficient (Wildman–Crippen LogP) is 2.75. The highest BCUT2D eigenvalue weighted by atomic mass is 32.2. The molecule has 0 atom stereocenters. The highest BCUT2D eigenvalue weighted by Crippen LogP contribution is 2.36. The number of amides is 1. The van der Waals surface area contributed by atoms with E-state index in [9.17, 15) is 13.2 Å². The topological polar surface area (TPSA) is 84.9 Å². The molecule has 1 aliphatic heterocycles. The summed E-state index contributed by atoms with van der Waals surface area (Å²) in [4.78, 5) is 12.0. The van der Waals surface area contributed by atoms with Crippen molar-refractivity contribution < 1.29 is 22.7 Å². The summed E-state index contributed by atoms with van der Waals surface area (Å²) in [6.07, 6.45) is 7.14. The van der Waals surface area contributed by atoms with Crippen LogP contribution in [-0.2, 0) is 14.8 Å². The summed E-state index contributed by atoms with van der Waals surface area (Å²) in [6.45, 7) is 1.04. The Hall–Kier alpha value is -1.61. The van der Waals surface area contributed by atoms with Gasteiger partial charge in [-0.1, -0.05) is 12.8 Å². The van der Waals surface area contributed by atoms with Crippen molar-refractivity contribution in [2.24, 2.45) is 0 Å². The van der Waals surface area contributed by atoms with Gasteiger partial charge in [-0.3, -0.25) is 9.10 Å². The highest BCUT2D eigenvalue weighted by Gasteiger charge is 2.21. The van der Waals surface area contributed by atoms with Gasteiger partial charge in [-0.2, -0.15) is 11.8 Å². The Balaban J connectivity index is 1.43. The molecule has 0 aromatic heterocycles. The zero-order chi connectivity index (χ0) is 20.0. The third-order valence-electron chi connectivity index (χ3n) is 4.89. The van der Waals surface area contributed by atoms with Crippen LogP contribution in [0.15, 0.2) is 18.2 Å². The number of nitrogens with one attached hydrogen (secondary N) is 1. The van der Waals surface area contributed by atoms with Gasteiger partial charge < -0.3 is 14.8 Å². The third kappa shape index (κ3) is 5.94. The summed E-state index contributed by atoms with van der Waals surface area (Å²) >= 11 is 1.94. The number of ether oxygens (including phenoxy) is 2. The number of carbonyl (C=O) groups excluding carboxylic acids is 1. The Morgan fingerprint density at radius 1 is 1.25 bits per heavy atom. The molecule has 7 nitrogen and oxygen atoms in total. The van der Waals surface area contributed by atoms with Gasteiger partial charge in [0.15, 0.2) is 11.5 Å². The van der Waals surface area contributed by atoms with Crippen LogP contribution in [0, 0.1) is 0 Å². The molecule has 156 valence electrons. The fraction of sp³-hybridized carbons (Fsp3) is 0.632. The molecule has 0 spiro atoms. The van der Waals surface area contributed by atoms with Crippen LogP contribution in [0.2, 0.25) is 0 Å². The Labute approximate surface area is 171 Å². The molecule has 1 aliphatic carbocycles. The quantitative estimate of drug-likeness (QED) is 0.577. The lowest BCUT2D eigenvalue weighted by Gasteiger charge is -2.22. The second kappa shape index (κ2) is 9.73. The standard InChI is InChI=1S/C19H28N2O5S2/c1-28(23,24)21(15-8-9-17-18(13-15)26-14-25-17)11-4-7-19(22)20-10-12-27-16-5-2-3-6-16/h8-9,13,16H,2-7,10-12,14H2,1H3,(H,20,22). The Bertz CT molecular complexity index is 779. The molecule has 1 aromatic carbocycles. The molecule has 1 fully saturated rings. The van der Waals surface area contributed by atoms with Crippen molar-refractivity contribution in [3.05, 3.63) is 18.2 Å². The van der Waals surface area contributed by atoms with Gasteiger partial charge in [-0.15, -0.1) is 0 Å². The normalized spacial score (nSPS) is 16.3. The Kier molecular flexibility index (Phi) is 7.34. The maximum absolute atomic E-state index is 12.2. The number of carbonyl (C=O) groups is 1. The SMILES string of the molecule is CS(=O)(=O)N(CCCC(=O)NCCSC1CCCC1)c1ccc2c(c1)OCO2. The van der Waals surface area contributed by atoms with Crippen molar-refractivity contribution in [3.63, 3.8) is 0 Å². The van der Waals surface area contributed by atoms with E-state index in [0.717, 1.165) is 17.3 Å². The van der Waals surface area contributed by atoms with E-state index in [2.05, 4.69) is 5.32 Å². The van der Waals surface area contributed by atoms with Crippen molar-refractivity contribution in [2.75, 3.05) is 36.2 Å². The van der Waals surface area contributed by atoms with E-state index in [1.165, 1.54) is 30.0 Å². The minimum Gasteiger partial charge on any atom is -0.454 e. The number of fused-ring (bicyclic) bond motifs is 1. The number of nitrogens with zero attached hydrogens (tertiary/aromatic N) is 1. The van der Waals surface area contributed by atoms with Crippen LogP contribution in [0.5, 0.6) is 11.5 Å². The van der Waals surface area contributed by atoms with E-state index in [4.69, 9.17) is 9.47 Å². The number of rotatable bonds is 10. The van der Waals surface area contributed by atoms with Crippen LogP contribution in [-0.4, -0.2) is 51.5 Å². The van der Waals surface area contributed by atoms with Crippen molar-refractivity contribution in [3.8, 4) is 11.5 Å². The third-order valence-corrected chi connectivity index (χ3v) is 7.47. The summed E-state index contributed by atoms with van der Waals surface area (Å²) in [7, 11) is -3.46. The Morgan fingerprint density at radius 2 is 2.00 bits per heavy atom. The molecule has 1 heterocycles. The molecule has 28 heavy (non-hydrogen) atoms. The van der Waals surface area contributed by atoms with Crippen molar-refractivity contribution in [2.45, 2.75) is 43.8 Å². The number of benzene rings is 1. The van der Waals surface area contributed by atoms with Crippen molar-refractivity contribution >= 4 is 33.4 Å². The van der Waals surface area contributed by atoms with Gasteiger partial charge in [-0.25, -0.2) is 8.42 Å². The number of thioether (sulfide) groups is 1. The van der Waals surface area contributed by atoms with Crippen molar-refractivity contribution in [1.82, 2.24) is 5.32 Å². The van der Waals surface area contributed by atoms with E-state index >= 15 is 0 Å². The molecule has 9 heteroatoms. The molecule has 0 bridgehead atoms. The number of hydrogen-bond acceptors (Lipinski definition) is 6. The molecule has 0 unspecified atom stereocenters. The summed E-state index contributed by atoms with van der Waals surface area (Å²) in [5.74, 6) is 2.03. The van der Waals surface area contributed by atoms with Gasteiger partial charge in [0.1, 0.15) is 0 Å². The first kappa shape index (κ1) is 21.1. The van der Waals surface area contributed by atoms with Crippen LogP contribution in [0.1, 0.15) is 38.5 Å². The highest BCUT2D eigenvalue weighted by molar-refractivity contribution is 7.99. The molecule has 1 aromatic rings. The predicted molar refractivity (Wildman–Crippen MR) is 112 cm³/mol. The lowest BCUT2D eigenvalue weighted by atomic mass is 10.2. The van der Waals surface area contributed by atoms with Gasteiger partial charge in [0.05, 0.1) is 11.9 Å². The summed E-state index contributed by atoms with van der Waals surface area (Å²) in [5, 5.41) is 3.68. The molecular weight excluding hydrogens is 400 g/mol. The minimum absolute atomic E-state index is 0.0360. The number of sulfonamides is 1. The zero-order valence-corrected chi connectivity index (χ0v) is 17.8. The number of hydrogen-bond donors (Lipinski definition) is 1. The summed E-state index contributed by atoms with van der Waals surface area (Å²) < 4.78 is 36.3. The van der Waals surface area contributed by atoms with E-state index in [-0.39, 0.29) is 19.2 Å². The van der Waals surface area contributed by atoms with Gasteiger partial charge in [0.25, 0.3) is 0 Å². The molecule has 2 aliphatic rings. The molecule has 0 saturated heterocycles. The first-order valence-electron chi connectivity index (χ1n) is 9.69. The summed E-state index contributed by atoms with van der Waals surface area (Å²) in [6, 6.07) is 5.04. The van der Waals surface area contributed by atoms with E-state index in [0.29, 0.717) is 36.6 Å². The minimum atomic E-state index is -3.46. The monoisotopic (exact) mass is 428 g/mol. The fourth-order valence-corrected chi connectivity index (χ4v) is 5.65. The average Bonchev–Trinajstić information content (AvgIpc) is 3.32. The van der Waals surface area contributed by atoms with E-state index in [1.807, 2.05) is 11.8 Å². The molecular formula is C19H28N2O5S2. The summed E-state index contributed by atoms with van der Waals surface area (Å²) in [5.41, 5.74) is 0.514. The van der Waals surface area contributed by atoms with Gasteiger partial charge in [0.2, 0.25) is 22.7 Å². The first-order valence-corrected chi connectivity index (χ1v) is 12.6. The maximum atomic E-state index is 12.2. The first-order chi connectivity index (χ1) is 13.4. The average molecular weight is 429 g/mol. The van der Waals surface area contributed by atoms with E-state index < -0.39 is 10.0 Å². The van der Waals surface area contributed by atoms with Crippen LogP contribution in [0.3, 0.4) is 0 Å². The van der Waals surface area contributed by atoms with Crippen LogP contribution in [0.4, 0.5) is 5.69 Å². The molecule has 3 rings (SSSR count). The van der Waals surface area contributed by atoms with Crippen LogP contribution < -0.4 is 19.1 Å². The second-order valence-corrected chi connectivity index (χ2v) is 10.4. The number of anilines is 1. The fourth-order valence-electron chi connectivity index (χ4n) is 3.47. The second-order valence-electron chi connectivity index (χ2n) is 7.10. The van der Waals surface area contributed by atoms with Crippen molar-refractivity contribution in [1.29, 1.82) is 0 Å². The van der Waals surface area contributed by atoms with Gasteiger partial charge in [-0.05, 0) is 31.4 Å². The van der Waals surface area contributed by atoms with E-state index in [1.54, 1.807) is 18.2 Å². The van der Waals surface area contributed by atoms with Gasteiger partial charge >= 0.3 is 0 Å². The van der Waals surface area contributed by atoms with Crippen LogP contribution >= 0.6 is 11.8 Å². The molecule has 1 amide bonds. The zero-order valence-electron chi connectivity index (χ0n) is 16.2. The maximum Gasteiger partial charge on any atom is 0.232 e. The Morgan fingerprint density at radius 3 is 2.75 bits per heavy atom. The van der Waals surface area contributed by atoms with Gasteiger partial charge in [0, 0.05) is 36.6 Å². The lowest BCUT2D eigenvalue weighted by Crippen LogP contribution is -2.32. The molecule has 1 N–H and O–H groups in total. The molecule has 1 saturated carbocycles. The smallest absolute Gasteiger partial charge is 0.232 e. The largest absolute Gasteiger partial charge is 0.454 e. The lowest BCUT2D eigenvalue weighted by molar-refractivity contribution is -0.121.